The van der Waals surface area contributed by atoms with E-state index in [9.17, 15) is 4.79 Å². The molecule has 92 valence electrons. The molecule has 1 aromatic rings. The third kappa shape index (κ3) is 4.00. The SMILES string of the molecule is O=C(NCC1CC1(Br)Br)OCc1ccccc1. The van der Waals surface area contributed by atoms with Gasteiger partial charge in [-0.25, -0.2) is 4.79 Å². The van der Waals surface area contributed by atoms with Gasteiger partial charge >= 0.3 is 6.09 Å². The van der Waals surface area contributed by atoms with E-state index < -0.39 is 0 Å². The molecular formula is C12H13Br2NO2. The maximum absolute atomic E-state index is 11.4. The molecule has 3 nitrogen and oxygen atoms in total. The standard InChI is InChI=1S/C12H13Br2NO2/c13-12(14)6-10(12)7-15-11(16)17-8-9-4-2-1-3-5-9/h1-5,10H,6-8H2,(H,15,16). The van der Waals surface area contributed by atoms with Gasteiger partial charge in [-0.05, 0) is 12.0 Å². The topological polar surface area (TPSA) is 38.3 Å². The highest BCUT2D eigenvalue weighted by Gasteiger charge is 2.50. The molecule has 2 rings (SSSR count). The number of halogens is 2. The summed E-state index contributed by atoms with van der Waals surface area (Å²) >= 11 is 7.01. The smallest absolute Gasteiger partial charge is 0.407 e. The molecule has 1 amide bonds. The average molecular weight is 363 g/mol. The minimum atomic E-state index is -0.364. The lowest BCUT2D eigenvalue weighted by atomic mass is 10.2. The number of rotatable bonds is 4. The molecular weight excluding hydrogens is 350 g/mol. The second kappa shape index (κ2) is 5.40. The van der Waals surface area contributed by atoms with E-state index in [2.05, 4.69) is 37.2 Å². The van der Waals surface area contributed by atoms with Crippen LogP contribution in [0.25, 0.3) is 0 Å². The lowest BCUT2D eigenvalue weighted by molar-refractivity contribution is 0.139. The zero-order valence-electron chi connectivity index (χ0n) is 9.16. The third-order valence-electron chi connectivity index (χ3n) is 2.66. The van der Waals surface area contributed by atoms with Crippen LogP contribution in [0.4, 0.5) is 4.79 Å². The molecule has 5 heteroatoms. The van der Waals surface area contributed by atoms with Gasteiger partial charge < -0.3 is 10.1 Å². The summed E-state index contributed by atoms with van der Waals surface area (Å²) in [4.78, 5) is 11.4. The van der Waals surface area contributed by atoms with Gasteiger partial charge in [0.25, 0.3) is 0 Å². The summed E-state index contributed by atoms with van der Waals surface area (Å²) in [6, 6.07) is 9.63. The molecule has 0 aliphatic heterocycles. The zero-order chi connectivity index (χ0) is 12.3. The molecule has 17 heavy (non-hydrogen) atoms. The third-order valence-corrected chi connectivity index (χ3v) is 4.60. The number of alkyl carbamates (subject to hydrolysis) is 1. The van der Waals surface area contributed by atoms with Gasteiger partial charge in [0.05, 0.1) is 3.23 Å². The van der Waals surface area contributed by atoms with E-state index in [1.54, 1.807) is 0 Å². The summed E-state index contributed by atoms with van der Waals surface area (Å²) in [6.07, 6.45) is 0.656. The summed E-state index contributed by atoms with van der Waals surface area (Å²) in [5, 5.41) is 2.75. The first-order chi connectivity index (χ1) is 8.08. The Labute approximate surface area is 117 Å². The van der Waals surface area contributed by atoms with Crippen molar-refractivity contribution >= 4 is 38.0 Å². The Kier molecular flexibility index (Phi) is 4.09. The van der Waals surface area contributed by atoms with Crippen LogP contribution in [0, 0.1) is 5.92 Å². The molecule has 1 aliphatic carbocycles. The summed E-state index contributed by atoms with van der Waals surface area (Å²) in [5.74, 6) is 0.437. The number of hydrogen-bond donors (Lipinski definition) is 1. The van der Waals surface area contributed by atoms with E-state index in [1.807, 2.05) is 30.3 Å². The van der Waals surface area contributed by atoms with Gasteiger partial charge in [0, 0.05) is 12.5 Å². The molecule has 0 radical (unpaired) electrons. The van der Waals surface area contributed by atoms with Crippen molar-refractivity contribution in [3.8, 4) is 0 Å². The van der Waals surface area contributed by atoms with Crippen molar-refractivity contribution in [2.45, 2.75) is 16.3 Å². The number of benzene rings is 1. The molecule has 1 atom stereocenters. The fraction of sp³-hybridized carbons (Fsp3) is 0.417. The van der Waals surface area contributed by atoms with E-state index >= 15 is 0 Å². The number of carbonyl (C=O) groups is 1. The Balaban J connectivity index is 1.65. The van der Waals surface area contributed by atoms with Crippen LogP contribution in [0.5, 0.6) is 0 Å². The number of ether oxygens (including phenoxy) is 1. The van der Waals surface area contributed by atoms with Crippen molar-refractivity contribution in [1.29, 1.82) is 0 Å². The highest BCUT2D eigenvalue weighted by atomic mass is 79.9. The van der Waals surface area contributed by atoms with Crippen molar-refractivity contribution in [3.63, 3.8) is 0 Å². The van der Waals surface area contributed by atoms with Crippen LogP contribution in [0.2, 0.25) is 0 Å². The first kappa shape index (κ1) is 12.9. The molecule has 0 heterocycles. The number of hydrogen-bond acceptors (Lipinski definition) is 2. The minimum Gasteiger partial charge on any atom is -0.445 e. The fourth-order valence-electron chi connectivity index (χ4n) is 1.47. The van der Waals surface area contributed by atoms with Crippen molar-refractivity contribution in [1.82, 2.24) is 5.32 Å². The van der Waals surface area contributed by atoms with E-state index in [4.69, 9.17) is 4.74 Å². The monoisotopic (exact) mass is 361 g/mol. The second-order valence-electron chi connectivity index (χ2n) is 4.10. The number of alkyl halides is 2. The predicted molar refractivity (Wildman–Crippen MR) is 73.3 cm³/mol. The van der Waals surface area contributed by atoms with Gasteiger partial charge in [0.15, 0.2) is 0 Å². The summed E-state index contributed by atoms with van der Waals surface area (Å²) < 4.78 is 5.11. The number of amides is 1. The molecule has 0 bridgehead atoms. The van der Waals surface area contributed by atoms with Crippen molar-refractivity contribution in [2.24, 2.45) is 5.92 Å². The molecule has 0 saturated heterocycles. The lowest BCUT2D eigenvalue weighted by Gasteiger charge is -2.07. The summed E-state index contributed by atoms with van der Waals surface area (Å²) in [6.45, 7) is 0.940. The van der Waals surface area contributed by atoms with E-state index in [-0.39, 0.29) is 9.33 Å². The van der Waals surface area contributed by atoms with Crippen LogP contribution in [0.1, 0.15) is 12.0 Å². The maximum Gasteiger partial charge on any atom is 0.407 e. The first-order valence-electron chi connectivity index (χ1n) is 5.40. The molecule has 1 N–H and O–H groups in total. The predicted octanol–water partition coefficient (Wildman–Crippen LogP) is 3.42. The normalized spacial score (nSPS) is 20.7. The van der Waals surface area contributed by atoms with Crippen LogP contribution >= 0.6 is 31.9 Å². The Morgan fingerprint density at radius 3 is 2.65 bits per heavy atom. The van der Waals surface area contributed by atoms with Crippen LogP contribution in [0.3, 0.4) is 0 Å². The van der Waals surface area contributed by atoms with Gasteiger partial charge in [-0.15, -0.1) is 0 Å². The quantitative estimate of drug-likeness (QED) is 0.833. The highest BCUT2D eigenvalue weighted by Crippen LogP contribution is 2.55. The van der Waals surface area contributed by atoms with E-state index in [0.29, 0.717) is 19.1 Å². The first-order valence-corrected chi connectivity index (χ1v) is 6.99. The minimum absolute atomic E-state index is 0.0205. The average Bonchev–Trinajstić information content (AvgIpc) is 2.93. The molecule has 1 fully saturated rings. The maximum atomic E-state index is 11.4. The number of carbonyl (C=O) groups excluding carboxylic acids is 1. The van der Waals surface area contributed by atoms with Gasteiger partial charge in [-0.3, -0.25) is 0 Å². The van der Waals surface area contributed by atoms with Crippen molar-refractivity contribution in [2.75, 3.05) is 6.54 Å². The molecule has 1 aliphatic rings. The van der Waals surface area contributed by atoms with Crippen LogP contribution in [0.15, 0.2) is 30.3 Å². The largest absolute Gasteiger partial charge is 0.445 e. The van der Waals surface area contributed by atoms with Gasteiger partial charge in [0.1, 0.15) is 6.61 Å². The Morgan fingerprint density at radius 1 is 1.41 bits per heavy atom. The van der Waals surface area contributed by atoms with Gasteiger partial charge in [-0.1, -0.05) is 62.2 Å². The molecule has 1 aromatic carbocycles. The number of nitrogens with one attached hydrogen (secondary N) is 1. The van der Waals surface area contributed by atoms with Crippen LogP contribution in [-0.2, 0) is 11.3 Å². The van der Waals surface area contributed by atoms with Crippen molar-refractivity contribution in [3.05, 3.63) is 35.9 Å². The zero-order valence-corrected chi connectivity index (χ0v) is 12.3. The molecule has 1 saturated carbocycles. The Morgan fingerprint density at radius 2 is 2.06 bits per heavy atom. The second-order valence-corrected chi connectivity index (χ2v) is 8.00. The van der Waals surface area contributed by atoms with Crippen LogP contribution in [-0.4, -0.2) is 15.9 Å². The van der Waals surface area contributed by atoms with Gasteiger partial charge in [0.2, 0.25) is 0 Å². The molecule has 1 unspecified atom stereocenters. The lowest BCUT2D eigenvalue weighted by Crippen LogP contribution is -2.27. The van der Waals surface area contributed by atoms with Crippen molar-refractivity contribution < 1.29 is 9.53 Å². The van der Waals surface area contributed by atoms with E-state index in [1.165, 1.54) is 0 Å². The van der Waals surface area contributed by atoms with Gasteiger partial charge in [-0.2, -0.15) is 0 Å². The highest BCUT2D eigenvalue weighted by molar-refractivity contribution is 9.25. The Hall–Kier alpha value is -0.550. The fourth-order valence-corrected chi connectivity index (χ4v) is 2.58. The summed E-state index contributed by atoms with van der Waals surface area (Å²) in [5.41, 5.74) is 0.990. The molecule has 0 spiro atoms. The molecule has 0 aromatic heterocycles. The Bertz CT molecular complexity index is 395. The van der Waals surface area contributed by atoms with E-state index in [0.717, 1.165) is 12.0 Å². The summed E-state index contributed by atoms with van der Waals surface area (Å²) in [7, 11) is 0. The van der Waals surface area contributed by atoms with Crippen LogP contribution < -0.4 is 5.32 Å².